The van der Waals surface area contributed by atoms with Gasteiger partial charge in [0.1, 0.15) is 5.69 Å². The van der Waals surface area contributed by atoms with Crippen LogP contribution in [0.15, 0.2) is 28.9 Å². The fourth-order valence-electron chi connectivity index (χ4n) is 2.34. The molecule has 5 heteroatoms. The zero-order valence-corrected chi connectivity index (χ0v) is 15.1. The third kappa shape index (κ3) is 4.45. The van der Waals surface area contributed by atoms with Crippen molar-refractivity contribution < 1.29 is 4.79 Å². The van der Waals surface area contributed by atoms with E-state index in [4.69, 9.17) is 0 Å². The van der Waals surface area contributed by atoms with E-state index in [2.05, 4.69) is 54.2 Å². The summed E-state index contributed by atoms with van der Waals surface area (Å²) in [6.07, 6.45) is 3.84. The Morgan fingerprint density at radius 2 is 2.24 bits per heavy atom. The first-order chi connectivity index (χ1) is 9.99. The number of nitrogens with zero attached hydrogens (tertiary/aromatic N) is 1. The second-order valence-corrected chi connectivity index (χ2v) is 7.62. The molecule has 0 fully saturated rings. The molecule has 0 aliphatic heterocycles. The lowest BCUT2D eigenvalue weighted by molar-refractivity contribution is 0.0930. The van der Waals surface area contributed by atoms with Crippen molar-refractivity contribution in [1.29, 1.82) is 0 Å². The molecule has 0 spiro atoms. The minimum atomic E-state index is -0.00470. The summed E-state index contributed by atoms with van der Waals surface area (Å²) in [5, 5.41) is 3.09. The standard InChI is InChI=1S/C16H21BrN2OS/c1-4-7-19-10-13(17)9-15(19)16(20)18-11(2)8-14-6-5-12(3)21-14/h5-6,9-11H,4,7-8H2,1-3H3,(H,18,20). The van der Waals surface area contributed by atoms with Crippen molar-refractivity contribution in [1.82, 2.24) is 9.88 Å². The third-order valence-electron chi connectivity index (χ3n) is 3.24. The number of thiophene rings is 1. The van der Waals surface area contributed by atoms with Crippen LogP contribution in [0.3, 0.4) is 0 Å². The number of amides is 1. The molecule has 0 aromatic carbocycles. The molecule has 0 saturated carbocycles. The molecule has 0 aliphatic rings. The van der Waals surface area contributed by atoms with Gasteiger partial charge in [0, 0.05) is 39.4 Å². The van der Waals surface area contributed by atoms with Crippen LogP contribution in [-0.4, -0.2) is 16.5 Å². The van der Waals surface area contributed by atoms with Gasteiger partial charge in [-0.2, -0.15) is 0 Å². The molecular weight excluding hydrogens is 348 g/mol. The first-order valence-electron chi connectivity index (χ1n) is 7.21. The van der Waals surface area contributed by atoms with E-state index in [0.717, 1.165) is 29.6 Å². The number of rotatable bonds is 6. The fourth-order valence-corrected chi connectivity index (χ4v) is 3.82. The molecule has 2 aromatic heterocycles. The van der Waals surface area contributed by atoms with Gasteiger partial charge in [-0.3, -0.25) is 4.79 Å². The lowest BCUT2D eigenvalue weighted by Gasteiger charge is -2.14. The molecule has 0 bridgehead atoms. The zero-order chi connectivity index (χ0) is 15.4. The second-order valence-electron chi connectivity index (χ2n) is 5.33. The van der Waals surface area contributed by atoms with E-state index in [1.165, 1.54) is 9.75 Å². The Morgan fingerprint density at radius 1 is 1.48 bits per heavy atom. The van der Waals surface area contributed by atoms with E-state index in [1.807, 2.05) is 16.8 Å². The Balaban J connectivity index is 2.00. The van der Waals surface area contributed by atoms with Gasteiger partial charge < -0.3 is 9.88 Å². The van der Waals surface area contributed by atoms with E-state index in [9.17, 15) is 4.79 Å². The largest absolute Gasteiger partial charge is 0.348 e. The van der Waals surface area contributed by atoms with Crippen molar-refractivity contribution in [3.8, 4) is 0 Å². The highest BCUT2D eigenvalue weighted by atomic mass is 79.9. The monoisotopic (exact) mass is 368 g/mol. The van der Waals surface area contributed by atoms with Crippen LogP contribution >= 0.6 is 27.3 Å². The Labute approximate surface area is 138 Å². The Morgan fingerprint density at radius 3 is 2.86 bits per heavy atom. The van der Waals surface area contributed by atoms with E-state index in [-0.39, 0.29) is 11.9 Å². The van der Waals surface area contributed by atoms with Crippen LogP contribution in [0.4, 0.5) is 0 Å². The molecule has 21 heavy (non-hydrogen) atoms. The summed E-state index contributed by atoms with van der Waals surface area (Å²) < 4.78 is 2.95. The quantitative estimate of drug-likeness (QED) is 0.805. The Kier molecular flexibility index (Phi) is 5.65. The highest BCUT2D eigenvalue weighted by Crippen LogP contribution is 2.18. The fraction of sp³-hybridized carbons (Fsp3) is 0.438. The van der Waals surface area contributed by atoms with Gasteiger partial charge >= 0.3 is 0 Å². The molecule has 3 nitrogen and oxygen atoms in total. The van der Waals surface area contributed by atoms with Crippen molar-refractivity contribution >= 4 is 33.2 Å². The van der Waals surface area contributed by atoms with Crippen LogP contribution in [0.5, 0.6) is 0 Å². The average molecular weight is 369 g/mol. The van der Waals surface area contributed by atoms with Crippen LogP contribution in [0.2, 0.25) is 0 Å². The number of carbonyl (C=O) groups is 1. The minimum absolute atomic E-state index is 0.00470. The first-order valence-corrected chi connectivity index (χ1v) is 8.82. The molecule has 1 atom stereocenters. The first kappa shape index (κ1) is 16.3. The van der Waals surface area contributed by atoms with Crippen LogP contribution in [0.1, 0.15) is 40.5 Å². The van der Waals surface area contributed by atoms with Gasteiger partial charge in [-0.15, -0.1) is 11.3 Å². The number of nitrogens with one attached hydrogen (secondary N) is 1. The van der Waals surface area contributed by atoms with Crippen molar-refractivity contribution in [3.05, 3.63) is 44.3 Å². The number of aromatic nitrogens is 1. The van der Waals surface area contributed by atoms with Crippen LogP contribution in [0, 0.1) is 6.92 Å². The van der Waals surface area contributed by atoms with E-state index >= 15 is 0 Å². The van der Waals surface area contributed by atoms with Gasteiger partial charge in [-0.05, 0) is 54.4 Å². The molecule has 0 aliphatic carbocycles. The van der Waals surface area contributed by atoms with E-state index in [1.54, 1.807) is 11.3 Å². The van der Waals surface area contributed by atoms with Crippen molar-refractivity contribution in [2.24, 2.45) is 0 Å². The zero-order valence-electron chi connectivity index (χ0n) is 12.6. The normalized spacial score (nSPS) is 12.4. The third-order valence-corrected chi connectivity index (χ3v) is 4.70. The molecule has 2 heterocycles. The summed E-state index contributed by atoms with van der Waals surface area (Å²) >= 11 is 5.24. The molecule has 2 rings (SSSR count). The Hall–Kier alpha value is -1.07. The van der Waals surface area contributed by atoms with Crippen LogP contribution in [0.25, 0.3) is 0 Å². The highest BCUT2D eigenvalue weighted by molar-refractivity contribution is 9.10. The van der Waals surface area contributed by atoms with Crippen molar-refractivity contribution in [3.63, 3.8) is 0 Å². The van der Waals surface area contributed by atoms with Crippen LogP contribution in [-0.2, 0) is 13.0 Å². The Bertz CT molecular complexity index is 618. The maximum absolute atomic E-state index is 12.4. The predicted molar refractivity (Wildman–Crippen MR) is 92.1 cm³/mol. The highest BCUT2D eigenvalue weighted by Gasteiger charge is 2.15. The van der Waals surface area contributed by atoms with Crippen molar-refractivity contribution in [2.45, 2.75) is 46.2 Å². The summed E-state index contributed by atoms with van der Waals surface area (Å²) in [5.41, 5.74) is 0.720. The molecule has 0 saturated heterocycles. The second kappa shape index (κ2) is 7.27. The number of halogens is 1. The van der Waals surface area contributed by atoms with Crippen molar-refractivity contribution in [2.75, 3.05) is 0 Å². The molecule has 1 N–H and O–H groups in total. The summed E-state index contributed by atoms with van der Waals surface area (Å²) in [6, 6.07) is 6.27. The maximum atomic E-state index is 12.4. The molecule has 1 amide bonds. The number of carbonyl (C=O) groups excluding carboxylic acids is 1. The van der Waals surface area contributed by atoms with Gasteiger partial charge in [0.05, 0.1) is 0 Å². The van der Waals surface area contributed by atoms with Gasteiger partial charge in [-0.25, -0.2) is 0 Å². The average Bonchev–Trinajstić information content (AvgIpc) is 2.96. The summed E-state index contributed by atoms with van der Waals surface area (Å²) in [7, 11) is 0. The number of hydrogen-bond acceptors (Lipinski definition) is 2. The molecule has 0 radical (unpaired) electrons. The maximum Gasteiger partial charge on any atom is 0.268 e. The smallest absolute Gasteiger partial charge is 0.268 e. The molecule has 1 unspecified atom stereocenters. The lowest BCUT2D eigenvalue weighted by atomic mass is 10.2. The molecular formula is C16H21BrN2OS. The lowest BCUT2D eigenvalue weighted by Crippen LogP contribution is -2.35. The molecule has 114 valence electrons. The van der Waals surface area contributed by atoms with Gasteiger partial charge in [-0.1, -0.05) is 6.92 Å². The van der Waals surface area contributed by atoms with Gasteiger partial charge in [0.25, 0.3) is 5.91 Å². The minimum Gasteiger partial charge on any atom is -0.348 e. The molecule has 2 aromatic rings. The van der Waals surface area contributed by atoms with Gasteiger partial charge in [0.15, 0.2) is 0 Å². The summed E-state index contributed by atoms with van der Waals surface area (Å²) in [6.45, 7) is 7.12. The summed E-state index contributed by atoms with van der Waals surface area (Å²) in [5.74, 6) is -0.00470. The van der Waals surface area contributed by atoms with Crippen LogP contribution < -0.4 is 5.32 Å². The number of hydrogen-bond donors (Lipinski definition) is 1. The van der Waals surface area contributed by atoms with Gasteiger partial charge in [0.2, 0.25) is 0 Å². The topological polar surface area (TPSA) is 34.0 Å². The number of aryl methyl sites for hydroxylation is 2. The SMILES string of the molecule is CCCn1cc(Br)cc1C(=O)NC(C)Cc1ccc(C)s1. The van der Waals surface area contributed by atoms with E-state index in [0.29, 0.717) is 0 Å². The predicted octanol–water partition coefficient (Wildman–Crippen LogP) is 4.39. The van der Waals surface area contributed by atoms with E-state index < -0.39 is 0 Å². The summed E-state index contributed by atoms with van der Waals surface area (Å²) in [4.78, 5) is 15.0.